The van der Waals surface area contributed by atoms with Crippen molar-refractivity contribution >= 4 is 44.6 Å². The molecule has 28 heavy (non-hydrogen) atoms. The molecule has 0 aliphatic carbocycles. The molecule has 0 saturated heterocycles. The van der Waals surface area contributed by atoms with Crippen LogP contribution in [0.1, 0.15) is 23.0 Å². The third-order valence-electron chi connectivity index (χ3n) is 4.00. The van der Waals surface area contributed by atoms with Crippen LogP contribution < -0.4 is 0 Å². The van der Waals surface area contributed by atoms with Crippen LogP contribution in [0.25, 0.3) is 22.4 Å². The van der Waals surface area contributed by atoms with Gasteiger partial charge >= 0.3 is 5.97 Å². The molecular weight excluding hydrogens is 444 g/mol. The largest absolute Gasteiger partial charge is 0.460 e. The van der Waals surface area contributed by atoms with E-state index in [1.54, 1.807) is 6.92 Å². The smallest absolute Gasteiger partial charge is 0.374 e. The first-order chi connectivity index (χ1) is 13.7. The Morgan fingerprint density at radius 3 is 2.68 bits per heavy atom. The molecule has 6 nitrogen and oxygen atoms in total. The maximum Gasteiger partial charge on any atom is 0.374 e. The summed E-state index contributed by atoms with van der Waals surface area (Å²) in [5, 5.41) is 9.47. The van der Waals surface area contributed by atoms with Crippen LogP contribution in [0.15, 0.2) is 67.1 Å². The van der Waals surface area contributed by atoms with Crippen LogP contribution in [0, 0.1) is 0 Å². The van der Waals surface area contributed by atoms with Crippen molar-refractivity contribution in [2.75, 3.05) is 6.61 Å². The molecule has 0 amide bonds. The van der Waals surface area contributed by atoms with Crippen molar-refractivity contribution in [3.05, 3.63) is 64.3 Å². The number of halogens is 1. The number of aromatic nitrogens is 2. The number of fused-ring (bicyclic) bond motifs is 1. The molecule has 0 spiro atoms. The molecule has 0 atom stereocenters. The molecule has 0 aliphatic heterocycles. The van der Waals surface area contributed by atoms with Crippen molar-refractivity contribution in [2.24, 2.45) is 0 Å². The Labute approximate surface area is 173 Å². The molecule has 0 saturated carbocycles. The SMILES string of the molecule is CCOC(=O)c1oc2ccccc2c1CSc1nnc(-c2ccc(Br)cc2)o1. The second-order valence-electron chi connectivity index (χ2n) is 5.80. The number of esters is 1. The number of carbonyl (C=O) groups is 1. The van der Waals surface area contributed by atoms with E-state index in [9.17, 15) is 4.79 Å². The number of furan rings is 1. The molecule has 8 heteroatoms. The van der Waals surface area contributed by atoms with Crippen LogP contribution in [-0.4, -0.2) is 22.8 Å². The van der Waals surface area contributed by atoms with E-state index in [4.69, 9.17) is 13.6 Å². The van der Waals surface area contributed by atoms with Crippen LogP contribution in [-0.2, 0) is 10.5 Å². The fourth-order valence-corrected chi connectivity index (χ4v) is 3.77. The van der Waals surface area contributed by atoms with E-state index in [2.05, 4.69) is 26.1 Å². The normalized spacial score (nSPS) is 11.1. The van der Waals surface area contributed by atoms with Crippen molar-refractivity contribution < 1.29 is 18.4 Å². The van der Waals surface area contributed by atoms with Gasteiger partial charge in [0.25, 0.3) is 5.22 Å². The molecule has 2 aromatic carbocycles. The number of ether oxygens (including phenoxy) is 1. The highest BCUT2D eigenvalue weighted by molar-refractivity contribution is 9.10. The van der Waals surface area contributed by atoms with Gasteiger partial charge in [0.05, 0.1) is 6.61 Å². The maximum absolute atomic E-state index is 12.3. The standard InChI is InChI=1S/C20H15BrN2O4S/c1-2-25-19(24)17-15(14-5-3-4-6-16(14)26-17)11-28-20-23-22-18(27-20)12-7-9-13(21)10-8-12/h3-10H,2,11H2,1H3. The Kier molecular flexibility index (Phi) is 5.50. The first-order valence-electron chi connectivity index (χ1n) is 8.55. The van der Waals surface area contributed by atoms with Gasteiger partial charge in [0, 0.05) is 26.7 Å². The molecule has 0 unspecified atom stereocenters. The number of hydrogen-bond acceptors (Lipinski definition) is 7. The highest BCUT2D eigenvalue weighted by atomic mass is 79.9. The lowest BCUT2D eigenvalue weighted by Gasteiger charge is -2.01. The molecule has 4 aromatic rings. The van der Waals surface area contributed by atoms with Crippen LogP contribution in [0.4, 0.5) is 0 Å². The first kappa shape index (κ1) is 18.8. The number of para-hydroxylation sites is 1. The first-order valence-corrected chi connectivity index (χ1v) is 10.3. The second-order valence-corrected chi connectivity index (χ2v) is 7.64. The average Bonchev–Trinajstić information content (AvgIpc) is 3.32. The Morgan fingerprint density at radius 2 is 1.89 bits per heavy atom. The minimum absolute atomic E-state index is 0.211. The molecule has 0 bridgehead atoms. The van der Waals surface area contributed by atoms with Gasteiger partial charge in [-0.25, -0.2) is 4.79 Å². The van der Waals surface area contributed by atoms with Crippen LogP contribution in [0.5, 0.6) is 0 Å². The van der Waals surface area contributed by atoms with E-state index < -0.39 is 5.97 Å². The van der Waals surface area contributed by atoms with E-state index in [0.717, 1.165) is 21.0 Å². The number of hydrogen-bond donors (Lipinski definition) is 0. The van der Waals surface area contributed by atoms with Gasteiger partial charge in [-0.15, -0.1) is 10.2 Å². The fraction of sp³-hybridized carbons (Fsp3) is 0.150. The number of thioether (sulfide) groups is 1. The molecule has 4 rings (SSSR count). The maximum atomic E-state index is 12.3. The Balaban J connectivity index is 1.58. The van der Waals surface area contributed by atoms with Gasteiger partial charge in [-0.2, -0.15) is 0 Å². The van der Waals surface area contributed by atoms with Crippen molar-refractivity contribution in [3.8, 4) is 11.5 Å². The van der Waals surface area contributed by atoms with Crippen LogP contribution in [0.3, 0.4) is 0 Å². The van der Waals surface area contributed by atoms with Gasteiger partial charge in [0.1, 0.15) is 5.58 Å². The highest BCUT2D eigenvalue weighted by Gasteiger charge is 2.22. The van der Waals surface area contributed by atoms with E-state index >= 15 is 0 Å². The van der Waals surface area contributed by atoms with Crippen molar-refractivity contribution in [1.29, 1.82) is 0 Å². The van der Waals surface area contributed by atoms with Gasteiger partial charge in [-0.1, -0.05) is 45.9 Å². The minimum atomic E-state index is -0.476. The highest BCUT2D eigenvalue weighted by Crippen LogP contribution is 2.33. The summed E-state index contributed by atoms with van der Waals surface area (Å²) < 4.78 is 17.6. The van der Waals surface area contributed by atoms with Gasteiger partial charge in [-0.3, -0.25) is 0 Å². The third kappa shape index (κ3) is 3.83. The molecule has 2 aromatic heterocycles. The number of benzene rings is 2. The summed E-state index contributed by atoms with van der Waals surface area (Å²) in [6.45, 7) is 2.04. The van der Waals surface area contributed by atoms with Crippen LogP contribution >= 0.6 is 27.7 Å². The molecule has 142 valence electrons. The summed E-state index contributed by atoms with van der Waals surface area (Å²) in [5.41, 5.74) is 2.23. The van der Waals surface area contributed by atoms with Crippen molar-refractivity contribution in [1.82, 2.24) is 10.2 Å². The summed E-state index contributed by atoms with van der Waals surface area (Å²) in [5.74, 6) is 0.615. The van der Waals surface area contributed by atoms with E-state index in [0.29, 0.717) is 22.4 Å². The number of nitrogens with zero attached hydrogens (tertiary/aromatic N) is 2. The zero-order valence-electron chi connectivity index (χ0n) is 14.8. The topological polar surface area (TPSA) is 78.4 Å². The van der Waals surface area contributed by atoms with E-state index in [1.807, 2.05) is 48.5 Å². The van der Waals surface area contributed by atoms with Crippen LogP contribution in [0.2, 0.25) is 0 Å². The number of rotatable bonds is 6. The Morgan fingerprint density at radius 1 is 1.11 bits per heavy atom. The summed E-state index contributed by atoms with van der Waals surface area (Å²) in [4.78, 5) is 12.3. The third-order valence-corrected chi connectivity index (χ3v) is 5.37. The van der Waals surface area contributed by atoms with Gasteiger partial charge in [0.15, 0.2) is 0 Å². The van der Waals surface area contributed by atoms with Crippen molar-refractivity contribution in [3.63, 3.8) is 0 Å². The minimum Gasteiger partial charge on any atom is -0.460 e. The molecule has 0 N–H and O–H groups in total. The molecule has 0 radical (unpaired) electrons. The lowest BCUT2D eigenvalue weighted by molar-refractivity contribution is 0.0491. The summed E-state index contributed by atoms with van der Waals surface area (Å²) in [7, 11) is 0. The summed E-state index contributed by atoms with van der Waals surface area (Å²) >= 11 is 4.75. The summed E-state index contributed by atoms with van der Waals surface area (Å²) in [6.07, 6.45) is 0. The monoisotopic (exact) mass is 458 g/mol. The zero-order chi connectivity index (χ0) is 19.5. The molecule has 2 heterocycles. The Hall–Kier alpha value is -2.58. The fourth-order valence-electron chi connectivity index (χ4n) is 2.71. The molecular formula is C20H15BrN2O4S. The second kappa shape index (κ2) is 8.20. The lowest BCUT2D eigenvalue weighted by atomic mass is 10.1. The predicted octanol–water partition coefficient (Wildman–Crippen LogP) is 5.71. The van der Waals surface area contributed by atoms with Crippen molar-refractivity contribution in [2.45, 2.75) is 17.9 Å². The van der Waals surface area contributed by atoms with E-state index in [1.165, 1.54) is 11.8 Å². The average molecular weight is 459 g/mol. The van der Waals surface area contributed by atoms with Gasteiger partial charge in [0.2, 0.25) is 11.7 Å². The quantitative estimate of drug-likeness (QED) is 0.270. The zero-order valence-corrected chi connectivity index (χ0v) is 17.2. The Bertz CT molecular complexity index is 1120. The van der Waals surface area contributed by atoms with Gasteiger partial charge in [-0.05, 0) is 37.3 Å². The van der Waals surface area contributed by atoms with Gasteiger partial charge < -0.3 is 13.6 Å². The number of carbonyl (C=O) groups excluding carboxylic acids is 1. The lowest BCUT2D eigenvalue weighted by Crippen LogP contribution is -2.05. The predicted molar refractivity (Wildman–Crippen MR) is 109 cm³/mol. The molecule has 0 fully saturated rings. The summed E-state index contributed by atoms with van der Waals surface area (Å²) in [6, 6.07) is 15.1. The molecule has 0 aliphatic rings. The van der Waals surface area contributed by atoms with E-state index in [-0.39, 0.29) is 12.4 Å².